The predicted octanol–water partition coefficient (Wildman–Crippen LogP) is 1.74. The van der Waals surface area contributed by atoms with E-state index in [1.807, 2.05) is 38.1 Å². The third kappa shape index (κ3) is 4.74. The average molecular weight is 279 g/mol. The minimum Gasteiger partial charge on any atom is -0.495 e. The largest absolute Gasteiger partial charge is 0.495 e. The van der Waals surface area contributed by atoms with E-state index in [9.17, 15) is 4.79 Å². The highest BCUT2D eigenvalue weighted by Crippen LogP contribution is 2.22. The number of benzene rings is 1. The Bertz CT molecular complexity index is 431. The summed E-state index contributed by atoms with van der Waals surface area (Å²) >= 11 is 0. The first-order chi connectivity index (χ1) is 9.54. The summed E-state index contributed by atoms with van der Waals surface area (Å²) in [4.78, 5) is 11.8. The van der Waals surface area contributed by atoms with E-state index >= 15 is 0 Å². The summed E-state index contributed by atoms with van der Waals surface area (Å²) in [5.74, 6) is 0.642. The Kier molecular flexibility index (Phi) is 6.31. The van der Waals surface area contributed by atoms with Gasteiger partial charge >= 0.3 is 0 Å². The molecule has 0 atom stereocenters. The second-order valence-corrected chi connectivity index (χ2v) is 4.90. The summed E-state index contributed by atoms with van der Waals surface area (Å²) in [7, 11) is 1.60. The lowest BCUT2D eigenvalue weighted by molar-refractivity contribution is -0.119. The Labute approximate surface area is 120 Å². The number of para-hydroxylation sites is 2. The lowest BCUT2D eigenvalue weighted by Gasteiger charge is -2.26. The van der Waals surface area contributed by atoms with Crippen molar-refractivity contribution in [3.05, 3.63) is 24.3 Å². The lowest BCUT2D eigenvalue weighted by Crippen LogP contribution is -2.50. The molecule has 0 unspecified atom stereocenters. The zero-order chi connectivity index (χ0) is 15.0. The number of ether oxygens (including phenoxy) is 1. The van der Waals surface area contributed by atoms with Gasteiger partial charge in [0, 0.05) is 12.1 Å². The van der Waals surface area contributed by atoms with Crippen molar-refractivity contribution in [3.63, 3.8) is 0 Å². The maximum Gasteiger partial charge on any atom is 0.239 e. The number of carbonyl (C=O) groups excluding carboxylic acids is 1. The second-order valence-electron chi connectivity index (χ2n) is 4.90. The number of carbonyl (C=O) groups is 1. The van der Waals surface area contributed by atoms with Gasteiger partial charge in [-0.2, -0.15) is 0 Å². The molecule has 0 radical (unpaired) electrons. The number of nitrogens with two attached hydrogens (primary N) is 1. The van der Waals surface area contributed by atoms with Crippen molar-refractivity contribution >= 4 is 11.6 Å². The van der Waals surface area contributed by atoms with Gasteiger partial charge in [0.1, 0.15) is 5.75 Å². The number of hydrogen-bond acceptors (Lipinski definition) is 4. The maximum atomic E-state index is 11.8. The molecular formula is C15H25N3O2. The van der Waals surface area contributed by atoms with E-state index in [4.69, 9.17) is 10.5 Å². The van der Waals surface area contributed by atoms with E-state index in [-0.39, 0.29) is 18.0 Å². The molecule has 112 valence electrons. The second kappa shape index (κ2) is 7.75. The predicted molar refractivity (Wildman–Crippen MR) is 82.0 cm³/mol. The van der Waals surface area contributed by atoms with Crippen molar-refractivity contribution in [2.24, 2.45) is 5.73 Å². The third-order valence-electron chi connectivity index (χ3n) is 3.59. The van der Waals surface area contributed by atoms with Crippen molar-refractivity contribution < 1.29 is 9.53 Å². The molecule has 0 aliphatic heterocycles. The van der Waals surface area contributed by atoms with E-state index in [0.29, 0.717) is 6.54 Å². The summed E-state index contributed by atoms with van der Waals surface area (Å²) < 4.78 is 5.21. The van der Waals surface area contributed by atoms with Crippen LogP contribution in [0.1, 0.15) is 26.7 Å². The topological polar surface area (TPSA) is 76.4 Å². The van der Waals surface area contributed by atoms with E-state index in [1.165, 1.54) is 0 Å². The zero-order valence-electron chi connectivity index (χ0n) is 12.5. The van der Waals surface area contributed by atoms with Crippen molar-refractivity contribution in [2.45, 2.75) is 32.2 Å². The van der Waals surface area contributed by atoms with Crippen LogP contribution in [-0.2, 0) is 4.79 Å². The Balaban J connectivity index is 2.44. The first-order valence-electron chi connectivity index (χ1n) is 6.97. The minimum absolute atomic E-state index is 0.0763. The van der Waals surface area contributed by atoms with Crippen LogP contribution in [0.5, 0.6) is 5.75 Å². The first-order valence-corrected chi connectivity index (χ1v) is 6.97. The Morgan fingerprint density at radius 3 is 2.55 bits per heavy atom. The molecule has 1 aromatic carbocycles. The quantitative estimate of drug-likeness (QED) is 0.677. The van der Waals surface area contributed by atoms with Gasteiger partial charge in [0.15, 0.2) is 0 Å². The monoisotopic (exact) mass is 279 g/mol. The van der Waals surface area contributed by atoms with Crippen LogP contribution in [-0.4, -0.2) is 31.6 Å². The number of anilines is 1. The molecule has 0 saturated carbocycles. The standard InChI is InChI=1S/C15H25N3O2/c1-4-15(16,5-2)11-18-14(19)10-17-12-8-6-7-9-13(12)20-3/h6-9,17H,4-5,10-11,16H2,1-3H3,(H,18,19). The van der Waals surface area contributed by atoms with Gasteiger partial charge in [-0.15, -0.1) is 0 Å². The SMILES string of the molecule is CCC(N)(CC)CNC(=O)CNc1ccccc1OC. The van der Waals surface area contributed by atoms with Crippen LogP contribution in [0.25, 0.3) is 0 Å². The summed E-state index contributed by atoms with van der Waals surface area (Å²) in [6.07, 6.45) is 1.67. The van der Waals surface area contributed by atoms with Gasteiger partial charge in [0.2, 0.25) is 5.91 Å². The van der Waals surface area contributed by atoms with Gasteiger partial charge in [-0.05, 0) is 25.0 Å². The number of hydrogen-bond donors (Lipinski definition) is 3. The van der Waals surface area contributed by atoms with Crippen LogP contribution in [0.15, 0.2) is 24.3 Å². The molecule has 4 N–H and O–H groups in total. The Morgan fingerprint density at radius 1 is 1.30 bits per heavy atom. The molecule has 1 amide bonds. The van der Waals surface area contributed by atoms with Crippen LogP contribution in [0.4, 0.5) is 5.69 Å². The van der Waals surface area contributed by atoms with Crippen molar-refractivity contribution in [2.75, 3.05) is 25.5 Å². The van der Waals surface area contributed by atoms with Crippen LogP contribution in [0.3, 0.4) is 0 Å². The van der Waals surface area contributed by atoms with Gasteiger partial charge in [0.05, 0.1) is 19.3 Å². The summed E-state index contributed by atoms with van der Waals surface area (Å²) in [5.41, 5.74) is 6.62. The molecule has 5 heteroatoms. The fourth-order valence-corrected chi connectivity index (χ4v) is 1.80. The smallest absolute Gasteiger partial charge is 0.239 e. The molecule has 0 spiro atoms. The molecule has 0 aromatic heterocycles. The highest BCUT2D eigenvalue weighted by atomic mass is 16.5. The molecule has 20 heavy (non-hydrogen) atoms. The van der Waals surface area contributed by atoms with Crippen LogP contribution < -0.4 is 21.1 Å². The zero-order valence-corrected chi connectivity index (χ0v) is 12.5. The molecule has 0 heterocycles. The van der Waals surface area contributed by atoms with Gasteiger partial charge in [-0.3, -0.25) is 4.79 Å². The van der Waals surface area contributed by atoms with E-state index in [0.717, 1.165) is 24.3 Å². The van der Waals surface area contributed by atoms with Crippen molar-refractivity contribution in [3.8, 4) is 5.75 Å². The van der Waals surface area contributed by atoms with Crippen LogP contribution in [0, 0.1) is 0 Å². The van der Waals surface area contributed by atoms with Gasteiger partial charge < -0.3 is 21.1 Å². The summed E-state index contributed by atoms with van der Waals surface area (Å²) in [6.45, 7) is 4.75. The van der Waals surface area contributed by atoms with Gasteiger partial charge in [0.25, 0.3) is 0 Å². The van der Waals surface area contributed by atoms with Gasteiger partial charge in [-0.25, -0.2) is 0 Å². The van der Waals surface area contributed by atoms with E-state index < -0.39 is 0 Å². The molecule has 0 bridgehead atoms. The van der Waals surface area contributed by atoms with Gasteiger partial charge in [-0.1, -0.05) is 26.0 Å². The molecule has 1 aromatic rings. The molecule has 0 aliphatic carbocycles. The van der Waals surface area contributed by atoms with Crippen LogP contribution >= 0.6 is 0 Å². The summed E-state index contributed by atoms with van der Waals surface area (Å²) in [6, 6.07) is 7.49. The molecule has 0 fully saturated rings. The van der Waals surface area contributed by atoms with Crippen molar-refractivity contribution in [1.29, 1.82) is 0 Å². The molecule has 0 aliphatic rings. The minimum atomic E-state index is -0.319. The molecule has 5 nitrogen and oxygen atoms in total. The number of methoxy groups -OCH3 is 1. The van der Waals surface area contributed by atoms with E-state index in [2.05, 4.69) is 10.6 Å². The Hall–Kier alpha value is -1.75. The van der Waals surface area contributed by atoms with E-state index in [1.54, 1.807) is 7.11 Å². The average Bonchev–Trinajstić information content (AvgIpc) is 2.50. The number of amides is 1. The lowest BCUT2D eigenvalue weighted by atomic mass is 9.94. The fraction of sp³-hybridized carbons (Fsp3) is 0.533. The highest BCUT2D eigenvalue weighted by molar-refractivity contribution is 5.81. The third-order valence-corrected chi connectivity index (χ3v) is 3.59. The normalized spacial score (nSPS) is 11.0. The van der Waals surface area contributed by atoms with Crippen LogP contribution in [0.2, 0.25) is 0 Å². The fourth-order valence-electron chi connectivity index (χ4n) is 1.80. The highest BCUT2D eigenvalue weighted by Gasteiger charge is 2.20. The molecular weight excluding hydrogens is 254 g/mol. The number of nitrogens with one attached hydrogen (secondary N) is 2. The summed E-state index contributed by atoms with van der Waals surface area (Å²) in [5, 5.41) is 5.92. The first kappa shape index (κ1) is 16.3. The number of rotatable bonds is 8. The Morgan fingerprint density at radius 2 is 1.95 bits per heavy atom. The van der Waals surface area contributed by atoms with Crippen molar-refractivity contribution in [1.82, 2.24) is 5.32 Å². The molecule has 0 saturated heterocycles. The maximum absolute atomic E-state index is 11.8. The molecule has 1 rings (SSSR count).